The molecule has 0 saturated heterocycles. The Morgan fingerprint density at radius 3 is 2.61 bits per heavy atom. The lowest BCUT2D eigenvalue weighted by Crippen LogP contribution is -2.31. The highest BCUT2D eigenvalue weighted by atomic mass is 32.2. The van der Waals surface area contributed by atoms with E-state index in [1.165, 1.54) is 12.1 Å². The van der Waals surface area contributed by atoms with Crippen LogP contribution >= 0.6 is 0 Å². The van der Waals surface area contributed by atoms with Crippen molar-refractivity contribution in [2.45, 2.75) is 38.1 Å². The molecule has 0 saturated carbocycles. The smallest absolute Gasteiger partial charge is 0.263 e. The molecule has 1 amide bonds. The minimum absolute atomic E-state index is 0.137. The van der Waals surface area contributed by atoms with E-state index in [4.69, 9.17) is 0 Å². The van der Waals surface area contributed by atoms with Crippen LogP contribution in [0, 0.1) is 18.7 Å². The van der Waals surface area contributed by atoms with Crippen molar-refractivity contribution in [2.75, 3.05) is 5.32 Å². The molecule has 0 spiro atoms. The quantitative estimate of drug-likeness (QED) is 0.803. The molecule has 1 heterocycles. The number of amides is 1. The van der Waals surface area contributed by atoms with Crippen LogP contribution in [0.15, 0.2) is 52.4 Å². The van der Waals surface area contributed by atoms with Crippen molar-refractivity contribution in [3.05, 3.63) is 59.4 Å². The van der Waals surface area contributed by atoms with E-state index in [9.17, 15) is 17.6 Å². The van der Waals surface area contributed by atoms with Gasteiger partial charge in [0, 0.05) is 11.3 Å². The number of carbonyl (C=O) groups excluding carboxylic acids is 1. The molecular formula is C20H22FN3O3S. The number of hydrogen-bond donors (Lipinski definition) is 2. The number of hydrogen-bond acceptors (Lipinski definition) is 4. The van der Waals surface area contributed by atoms with Crippen molar-refractivity contribution >= 4 is 27.5 Å². The minimum atomic E-state index is -3.69. The first kappa shape index (κ1) is 20.0. The zero-order valence-corrected chi connectivity index (χ0v) is 16.7. The lowest BCUT2D eigenvalue weighted by atomic mass is 10.0. The van der Waals surface area contributed by atoms with E-state index >= 15 is 0 Å². The van der Waals surface area contributed by atoms with Crippen LogP contribution in [0.4, 0.5) is 10.1 Å². The van der Waals surface area contributed by atoms with Crippen molar-refractivity contribution < 1.29 is 17.6 Å². The summed E-state index contributed by atoms with van der Waals surface area (Å²) in [6, 6.07) is 10.1. The van der Waals surface area contributed by atoms with Crippen molar-refractivity contribution in [1.82, 2.24) is 4.72 Å². The molecule has 0 aliphatic carbocycles. The van der Waals surface area contributed by atoms with E-state index in [2.05, 4.69) is 15.0 Å². The Kier molecular flexibility index (Phi) is 5.51. The molecule has 0 fully saturated rings. The van der Waals surface area contributed by atoms with E-state index in [1.54, 1.807) is 37.3 Å². The lowest BCUT2D eigenvalue weighted by Gasteiger charge is -2.16. The van der Waals surface area contributed by atoms with Gasteiger partial charge in [0.25, 0.3) is 10.0 Å². The highest BCUT2D eigenvalue weighted by molar-refractivity contribution is 7.90. The molecule has 8 heteroatoms. The topological polar surface area (TPSA) is 87.6 Å². The summed E-state index contributed by atoms with van der Waals surface area (Å²) in [6.07, 6.45) is 0.410. The van der Waals surface area contributed by atoms with Crippen molar-refractivity contribution in [3.8, 4) is 0 Å². The summed E-state index contributed by atoms with van der Waals surface area (Å²) in [5.74, 6) is -0.551. The van der Waals surface area contributed by atoms with Crippen molar-refractivity contribution in [2.24, 2.45) is 10.9 Å². The molecule has 6 nitrogen and oxygen atoms in total. The zero-order valence-electron chi connectivity index (χ0n) is 15.9. The molecule has 1 aliphatic heterocycles. The van der Waals surface area contributed by atoms with Gasteiger partial charge in [-0.15, -0.1) is 0 Å². The number of benzene rings is 2. The van der Waals surface area contributed by atoms with Gasteiger partial charge in [0.1, 0.15) is 17.7 Å². The second-order valence-corrected chi connectivity index (χ2v) is 8.83. The van der Waals surface area contributed by atoms with Gasteiger partial charge in [-0.05, 0) is 49.1 Å². The summed E-state index contributed by atoms with van der Waals surface area (Å²) >= 11 is 0. The maximum Gasteiger partial charge on any atom is 0.263 e. The van der Waals surface area contributed by atoms with Gasteiger partial charge in [0.05, 0.1) is 4.90 Å². The molecule has 0 bridgehead atoms. The van der Waals surface area contributed by atoms with Gasteiger partial charge < -0.3 is 5.32 Å². The highest BCUT2D eigenvalue weighted by Crippen LogP contribution is 2.24. The maximum atomic E-state index is 13.8. The fourth-order valence-corrected chi connectivity index (χ4v) is 4.19. The number of carbonyl (C=O) groups is 1. The first-order valence-corrected chi connectivity index (χ1v) is 10.4. The molecule has 1 aliphatic rings. The number of rotatable bonds is 5. The van der Waals surface area contributed by atoms with Gasteiger partial charge in [-0.1, -0.05) is 32.0 Å². The number of fused-ring (bicyclic) bond motifs is 1. The Bertz CT molecular complexity index is 1050. The molecule has 2 aromatic carbocycles. The number of halogens is 1. The third-order valence-corrected chi connectivity index (χ3v) is 5.78. The maximum absolute atomic E-state index is 13.8. The summed E-state index contributed by atoms with van der Waals surface area (Å²) in [4.78, 5) is 17.3. The predicted molar refractivity (Wildman–Crippen MR) is 106 cm³/mol. The third kappa shape index (κ3) is 4.22. The molecular weight excluding hydrogens is 381 g/mol. The average molecular weight is 403 g/mol. The predicted octanol–water partition coefficient (Wildman–Crippen LogP) is 3.23. The first-order chi connectivity index (χ1) is 13.2. The fraction of sp³-hybridized carbons (Fsp3) is 0.300. The summed E-state index contributed by atoms with van der Waals surface area (Å²) in [6.45, 7) is 5.52. The van der Waals surface area contributed by atoms with E-state index in [1.807, 2.05) is 13.8 Å². The van der Waals surface area contributed by atoms with Crippen LogP contribution in [0.5, 0.6) is 0 Å². The third-order valence-electron chi connectivity index (χ3n) is 4.38. The Hall–Kier alpha value is -2.74. The molecule has 148 valence electrons. The van der Waals surface area contributed by atoms with Gasteiger partial charge in [0.2, 0.25) is 5.91 Å². The van der Waals surface area contributed by atoms with Crippen LogP contribution in [-0.2, 0) is 14.8 Å². The zero-order chi connectivity index (χ0) is 20.5. The van der Waals surface area contributed by atoms with Gasteiger partial charge in [-0.3, -0.25) is 14.5 Å². The largest absolute Gasteiger partial charge is 0.324 e. The number of aliphatic imine (C=N–C) groups is 1. The molecule has 28 heavy (non-hydrogen) atoms. The average Bonchev–Trinajstić information content (AvgIpc) is 2.88. The van der Waals surface area contributed by atoms with Gasteiger partial charge in [0.15, 0.2) is 0 Å². The van der Waals surface area contributed by atoms with Crippen molar-refractivity contribution in [1.29, 1.82) is 0 Å². The molecule has 0 radical (unpaired) electrons. The second kappa shape index (κ2) is 7.71. The Balaban J connectivity index is 1.91. The Labute approximate surface area is 163 Å². The Morgan fingerprint density at radius 2 is 1.93 bits per heavy atom. The molecule has 1 atom stereocenters. The van der Waals surface area contributed by atoms with E-state index in [-0.39, 0.29) is 16.6 Å². The Morgan fingerprint density at radius 1 is 1.21 bits per heavy atom. The molecule has 2 N–H and O–H groups in total. The number of sulfonamides is 1. The van der Waals surface area contributed by atoms with E-state index in [0.29, 0.717) is 23.2 Å². The van der Waals surface area contributed by atoms with Crippen molar-refractivity contribution in [3.63, 3.8) is 0 Å². The molecule has 2 aromatic rings. The second-order valence-electron chi connectivity index (χ2n) is 7.18. The fourth-order valence-electron chi connectivity index (χ4n) is 2.95. The van der Waals surface area contributed by atoms with Crippen LogP contribution in [0.1, 0.15) is 31.4 Å². The summed E-state index contributed by atoms with van der Waals surface area (Å²) in [7, 11) is -3.69. The van der Waals surface area contributed by atoms with Crippen LogP contribution in [0.25, 0.3) is 0 Å². The van der Waals surface area contributed by atoms with Crippen LogP contribution in [0.3, 0.4) is 0 Å². The molecule has 0 aromatic heterocycles. The summed E-state index contributed by atoms with van der Waals surface area (Å²) in [5.41, 5.74) is 1.24. The lowest BCUT2D eigenvalue weighted by molar-refractivity contribution is -0.117. The molecule has 1 unspecified atom stereocenters. The number of nitrogens with zero attached hydrogens (tertiary/aromatic N) is 1. The highest BCUT2D eigenvalue weighted by Gasteiger charge is 2.32. The monoisotopic (exact) mass is 403 g/mol. The summed E-state index contributed by atoms with van der Waals surface area (Å²) < 4.78 is 40.7. The molecule has 3 rings (SSSR count). The first-order valence-electron chi connectivity index (χ1n) is 8.94. The minimum Gasteiger partial charge on any atom is -0.324 e. The number of amidine groups is 1. The van der Waals surface area contributed by atoms with Gasteiger partial charge in [-0.25, -0.2) is 12.8 Å². The SMILES string of the molecule is Cc1ccc(NC(=O)C(CC(C)C)N=C2NS(=O)(=O)c3ccccc32)cc1F. The standard InChI is InChI=1S/C20H22FN3O3S/c1-12(2)10-17(20(25)22-14-9-8-13(3)16(21)11-14)23-19-15-6-4-5-7-18(15)28(26,27)24-19/h4-9,11-12,17H,10H2,1-3H3,(H,22,25)(H,23,24). The number of anilines is 1. The van der Waals surface area contributed by atoms with Crippen LogP contribution in [-0.4, -0.2) is 26.2 Å². The number of aryl methyl sites for hydroxylation is 1. The van der Waals surface area contributed by atoms with E-state index < -0.39 is 27.8 Å². The van der Waals surface area contributed by atoms with Crippen LogP contribution in [0.2, 0.25) is 0 Å². The van der Waals surface area contributed by atoms with Gasteiger partial charge >= 0.3 is 0 Å². The number of nitrogens with one attached hydrogen (secondary N) is 2. The van der Waals surface area contributed by atoms with Gasteiger partial charge in [-0.2, -0.15) is 0 Å². The van der Waals surface area contributed by atoms with E-state index in [0.717, 1.165) is 0 Å². The van der Waals surface area contributed by atoms with Crippen LogP contribution < -0.4 is 10.0 Å². The summed E-state index contributed by atoms with van der Waals surface area (Å²) in [5, 5.41) is 2.67. The normalized spacial score (nSPS) is 17.2.